The maximum Gasteiger partial charge on any atom is 0.254 e. The van der Waals surface area contributed by atoms with Gasteiger partial charge in [0.25, 0.3) is 5.91 Å². The number of nitrogens with one attached hydrogen (secondary N) is 3. The van der Waals surface area contributed by atoms with E-state index in [4.69, 9.17) is 10.5 Å². The predicted octanol–water partition coefficient (Wildman–Crippen LogP) is 2.91. The number of rotatable bonds is 5. The van der Waals surface area contributed by atoms with Crippen molar-refractivity contribution in [1.82, 2.24) is 9.97 Å². The molecule has 0 unspecified atom stereocenters. The number of allylic oxidation sites excluding steroid dienone is 1. The summed E-state index contributed by atoms with van der Waals surface area (Å²) in [7, 11) is 0. The van der Waals surface area contributed by atoms with Gasteiger partial charge >= 0.3 is 0 Å². The van der Waals surface area contributed by atoms with Crippen molar-refractivity contribution < 1.29 is 14.6 Å². The summed E-state index contributed by atoms with van der Waals surface area (Å²) in [6.07, 6.45) is 5.92. The van der Waals surface area contributed by atoms with Gasteiger partial charge in [0.05, 0.1) is 5.69 Å². The fraction of sp³-hybridized carbons (Fsp3) is 0.174. The average molecular weight is 465 g/mol. The molecular formula is C23H24N6O3S. The van der Waals surface area contributed by atoms with Gasteiger partial charge in [-0.1, -0.05) is 18.2 Å². The van der Waals surface area contributed by atoms with E-state index in [1.807, 2.05) is 30.3 Å². The Labute approximate surface area is 197 Å². The Hall–Kier alpha value is -3.76. The first-order valence-corrected chi connectivity index (χ1v) is 10.2. The molecule has 170 valence electrons. The summed E-state index contributed by atoms with van der Waals surface area (Å²) in [5.74, 6) is 0.652. The number of aromatic nitrogens is 2. The van der Waals surface area contributed by atoms with Crippen LogP contribution in [0.2, 0.25) is 0 Å². The molecule has 0 radical (unpaired) electrons. The van der Waals surface area contributed by atoms with E-state index >= 15 is 0 Å². The van der Waals surface area contributed by atoms with Crippen LogP contribution in [0.4, 0.5) is 28.8 Å². The largest absolute Gasteiger partial charge is 0.489 e. The van der Waals surface area contributed by atoms with Gasteiger partial charge in [-0.2, -0.15) is 18.5 Å². The van der Waals surface area contributed by atoms with Gasteiger partial charge in [-0.3, -0.25) is 4.79 Å². The lowest BCUT2D eigenvalue weighted by atomic mass is 10.1. The molecule has 1 aromatic heterocycles. The summed E-state index contributed by atoms with van der Waals surface area (Å²) in [6.45, 7) is 0.627. The van der Waals surface area contributed by atoms with Gasteiger partial charge in [0, 0.05) is 24.1 Å². The zero-order valence-electron chi connectivity index (χ0n) is 17.6. The number of benzene rings is 2. The topological polar surface area (TPSA) is 134 Å². The second-order valence-corrected chi connectivity index (χ2v) is 7.65. The number of primary amides is 1. The van der Waals surface area contributed by atoms with Crippen LogP contribution in [-0.4, -0.2) is 40.2 Å². The Morgan fingerprint density at radius 3 is 2.85 bits per heavy atom. The van der Waals surface area contributed by atoms with Crippen LogP contribution in [0.15, 0.2) is 48.7 Å². The first-order valence-electron chi connectivity index (χ1n) is 10.2. The van der Waals surface area contributed by atoms with Crippen LogP contribution in [-0.2, 0) is 6.42 Å². The number of β-amino-alcohol motifs (C(OH)–C–C–N with tert-alkyl or cyclic N) is 1. The van der Waals surface area contributed by atoms with Crippen LogP contribution in [0.5, 0.6) is 5.75 Å². The number of carbonyl (C=O) groups excluding carboxylic acids is 1. The normalized spacial score (nSPS) is 15.7. The molecular weight excluding hydrogens is 440 g/mol. The zero-order chi connectivity index (χ0) is 22.1. The van der Waals surface area contributed by atoms with E-state index in [2.05, 4.69) is 38.1 Å². The van der Waals surface area contributed by atoms with Gasteiger partial charge in [-0.25, -0.2) is 4.98 Å². The first kappa shape index (κ1) is 22.4. The Bertz CT molecular complexity index is 1230. The summed E-state index contributed by atoms with van der Waals surface area (Å²) in [6, 6.07) is 11.5. The molecule has 1 amide bonds. The van der Waals surface area contributed by atoms with Crippen LogP contribution < -0.4 is 26.4 Å². The molecule has 2 heterocycles. The Balaban J connectivity index is 0.00000259. The molecule has 0 saturated carbocycles. The number of amides is 1. The highest BCUT2D eigenvalue weighted by molar-refractivity contribution is 7.59. The number of fused-ring (bicyclic) bond motifs is 2. The third-order valence-electron chi connectivity index (χ3n) is 5.29. The molecule has 33 heavy (non-hydrogen) atoms. The molecule has 2 aliphatic rings. The number of aliphatic hydroxyl groups is 1. The quantitative estimate of drug-likeness (QED) is 0.389. The maximum absolute atomic E-state index is 11.9. The summed E-state index contributed by atoms with van der Waals surface area (Å²) in [5.41, 5.74) is 10.4. The van der Waals surface area contributed by atoms with Crippen molar-refractivity contribution in [3.63, 3.8) is 0 Å². The van der Waals surface area contributed by atoms with Crippen molar-refractivity contribution in [2.75, 3.05) is 29.1 Å². The monoisotopic (exact) mass is 464 g/mol. The van der Waals surface area contributed by atoms with Crippen LogP contribution in [0, 0.1) is 0 Å². The van der Waals surface area contributed by atoms with E-state index in [0.29, 0.717) is 24.1 Å². The molecule has 1 aliphatic carbocycles. The van der Waals surface area contributed by atoms with Crippen molar-refractivity contribution in [2.45, 2.75) is 12.5 Å². The molecule has 6 N–H and O–H groups in total. The van der Waals surface area contributed by atoms with E-state index in [1.54, 1.807) is 6.07 Å². The Morgan fingerprint density at radius 2 is 2.00 bits per heavy atom. The molecule has 3 aromatic rings. The first-order chi connectivity index (χ1) is 15.5. The average Bonchev–Trinajstić information content (AvgIpc) is 3.16. The number of nitrogens with two attached hydrogens (primary N) is 1. The van der Waals surface area contributed by atoms with Crippen LogP contribution in [0.25, 0.3) is 6.08 Å². The second-order valence-electron chi connectivity index (χ2n) is 7.65. The summed E-state index contributed by atoms with van der Waals surface area (Å²) in [4.78, 5) is 20.6. The lowest BCUT2D eigenvalue weighted by molar-refractivity contribution is 0.100. The van der Waals surface area contributed by atoms with Gasteiger partial charge in [-0.05, 0) is 47.9 Å². The van der Waals surface area contributed by atoms with Gasteiger partial charge in [0.1, 0.15) is 29.8 Å². The van der Waals surface area contributed by atoms with E-state index in [-0.39, 0.29) is 25.7 Å². The molecule has 1 atom stereocenters. The number of aliphatic hydroxyl groups excluding tert-OH is 1. The van der Waals surface area contributed by atoms with Gasteiger partial charge in [0.2, 0.25) is 5.95 Å². The van der Waals surface area contributed by atoms with Crippen molar-refractivity contribution in [3.05, 3.63) is 65.4 Å². The maximum atomic E-state index is 11.9. The van der Waals surface area contributed by atoms with Crippen molar-refractivity contribution in [2.24, 2.45) is 5.73 Å². The SMILES string of the molecule is NC(=O)c1cnc(Nc2ccc3c(c2)NC[C@H](O)CO3)nc1Nc1ccc2c(c1)C=CC2.S. The summed E-state index contributed by atoms with van der Waals surface area (Å²) >= 11 is 0. The van der Waals surface area contributed by atoms with E-state index < -0.39 is 12.0 Å². The van der Waals surface area contributed by atoms with Crippen LogP contribution >= 0.6 is 13.5 Å². The van der Waals surface area contributed by atoms with Crippen LogP contribution in [0.3, 0.4) is 0 Å². The van der Waals surface area contributed by atoms with Crippen molar-refractivity contribution in [3.8, 4) is 5.75 Å². The molecule has 0 fully saturated rings. The Morgan fingerprint density at radius 1 is 1.18 bits per heavy atom. The minimum atomic E-state index is -0.620. The highest BCUT2D eigenvalue weighted by Gasteiger charge is 2.16. The zero-order valence-corrected chi connectivity index (χ0v) is 18.6. The van der Waals surface area contributed by atoms with E-state index in [1.165, 1.54) is 11.8 Å². The highest BCUT2D eigenvalue weighted by atomic mass is 32.1. The number of hydrogen-bond acceptors (Lipinski definition) is 8. The number of hydrogen-bond donors (Lipinski definition) is 5. The molecule has 5 rings (SSSR count). The van der Waals surface area contributed by atoms with E-state index in [0.717, 1.165) is 29.0 Å². The third kappa shape index (κ3) is 4.86. The molecule has 0 bridgehead atoms. The minimum Gasteiger partial charge on any atom is -0.489 e. The summed E-state index contributed by atoms with van der Waals surface area (Å²) < 4.78 is 5.59. The van der Waals surface area contributed by atoms with Gasteiger partial charge in [-0.15, -0.1) is 0 Å². The number of nitrogens with zero attached hydrogens (tertiary/aromatic N) is 2. The fourth-order valence-corrected chi connectivity index (χ4v) is 3.65. The van der Waals surface area contributed by atoms with Gasteiger partial charge < -0.3 is 31.5 Å². The lowest BCUT2D eigenvalue weighted by Crippen LogP contribution is -2.23. The molecule has 1 aliphatic heterocycles. The third-order valence-corrected chi connectivity index (χ3v) is 5.29. The smallest absolute Gasteiger partial charge is 0.254 e. The standard InChI is InChI=1S/C23H22N6O3.H2S/c24-21(31)18-11-26-23(28-16-6-7-20-19(9-16)25-10-17(30)12-32-20)29-22(18)27-15-5-4-13-2-1-3-14(13)8-15;/h1,3-9,11,17,25,30H,2,10,12H2,(H2,24,31)(H2,26,27,28,29);1H2/t17-;/m0./s1. The Kier molecular flexibility index (Phi) is 6.38. The molecule has 0 spiro atoms. The molecule has 9 nitrogen and oxygen atoms in total. The molecule has 10 heteroatoms. The fourth-order valence-electron chi connectivity index (χ4n) is 3.65. The molecule has 2 aromatic carbocycles. The molecule has 0 saturated heterocycles. The number of ether oxygens (including phenoxy) is 1. The lowest BCUT2D eigenvalue weighted by Gasteiger charge is -2.13. The predicted molar refractivity (Wildman–Crippen MR) is 133 cm³/mol. The summed E-state index contributed by atoms with van der Waals surface area (Å²) in [5, 5.41) is 19.2. The second kappa shape index (κ2) is 9.39. The van der Waals surface area contributed by atoms with Crippen LogP contribution in [0.1, 0.15) is 21.5 Å². The van der Waals surface area contributed by atoms with Crippen molar-refractivity contribution >= 4 is 54.3 Å². The highest BCUT2D eigenvalue weighted by Crippen LogP contribution is 2.31. The van der Waals surface area contributed by atoms with Crippen molar-refractivity contribution in [1.29, 1.82) is 0 Å². The number of anilines is 5. The number of carbonyl (C=O) groups is 1. The van der Waals surface area contributed by atoms with E-state index in [9.17, 15) is 9.90 Å². The van der Waals surface area contributed by atoms with Gasteiger partial charge in [0.15, 0.2) is 0 Å². The minimum absolute atomic E-state index is 0.